The van der Waals surface area contributed by atoms with Gasteiger partial charge in [-0.2, -0.15) is 0 Å². The number of carbonyl (C=O) groups is 1. The highest BCUT2D eigenvalue weighted by molar-refractivity contribution is 9.09. The van der Waals surface area contributed by atoms with Crippen LogP contribution in [0.1, 0.15) is 56.1 Å². The van der Waals surface area contributed by atoms with Crippen LogP contribution in [0.25, 0.3) is 0 Å². The van der Waals surface area contributed by atoms with Crippen molar-refractivity contribution in [3.8, 4) is 11.5 Å². The summed E-state index contributed by atoms with van der Waals surface area (Å²) in [6.07, 6.45) is 5.79. The summed E-state index contributed by atoms with van der Waals surface area (Å²) in [5.74, 6) is 1.75. The van der Waals surface area contributed by atoms with E-state index in [1.54, 1.807) is 6.07 Å². The third-order valence-electron chi connectivity index (χ3n) is 7.05. The van der Waals surface area contributed by atoms with Gasteiger partial charge in [0.2, 0.25) is 0 Å². The van der Waals surface area contributed by atoms with Gasteiger partial charge in [0.05, 0.1) is 6.10 Å². The van der Waals surface area contributed by atoms with E-state index in [9.17, 15) is 15.0 Å². The number of phenols is 1. The van der Waals surface area contributed by atoms with Crippen molar-refractivity contribution < 1.29 is 19.7 Å². The van der Waals surface area contributed by atoms with E-state index in [0.717, 1.165) is 49.7 Å². The number of phenolic OH excluding ortho intramolecular Hbond substituents is 1. The lowest BCUT2D eigenvalue weighted by atomic mass is 9.55. The van der Waals surface area contributed by atoms with Gasteiger partial charge < -0.3 is 14.9 Å². The maximum absolute atomic E-state index is 11.8. The van der Waals surface area contributed by atoms with Gasteiger partial charge in [-0.1, -0.05) is 22.9 Å². The number of benzene rings is 1. The minimum atomic E-state index is -0.341. The lowest BCUT2D eigenvalue weighted by Crippen LogP contribution is -2.44. The molecule has 1 aromatic carbocycles. The van der Waals surface area contributed by atoms with Gasteiger partial charge in [-0.15, -0.1) is 0 Å². The third-order valence-corrected chi connectivity index (χ3v) is 7.51. The molecular weight excluding hydrogens is 384 g/mol. The zero-order valence-electron chi connectivity index (χ0n) is 14.5. The molecule has 0 aromatic heterocycles. The number of aliphatic hydroxyl groups is 1. The van der Waals surface area contributed by atoms with Crippen molar-refractivity contribution in [3.63, 3.8) is 0 Å². The lowest BCUT2D eigenvalue weighted by Gasteiger charge is -2.50. The van der Waals surface area contributed by atoms with Crippen molar-refractivity contribution in [1.82, 2.24) is 0 Å². The molecule has 0 unspecified atom stereocenters. The summed E-state index contributed by atoms with van der Waals surface area (Å²) in [6.45, 7) is 2.25. The number of carbonyl (C=O) groups excluding carboxylic acids is 1. The summed E-state index contributed by atoms with van der Waals surface area (Å²) in [5.41, 5.74) is 2.26. The molecular formula is C20H25BrO4. The number of rotatable bonds is 2. The first-order valence-electron chi connectivity index (χ1n) is 9.24. The molecule has 3 aliphatic carbocycles. The molecule has 136 valence electrons. The highest BCUT2D eigenvalue weighted by atomic mass is 79.9. The number of esters is 1. The van der Waals surface area contributed by atoms with Crippen molar-refractivity contribution in [1.29, 1.82) is 0 Å². The van der Waals surface area contributed by atoms with Crippen LogP contribution >= 0.6 is 15.9 Å². The van der Waals surface area contributed by atoms with E-state index < -0.39 is 0 Å². The van der Waals surface area contributed by atoms with Gasteiger partial charge in [0, 0.05) is 11.6 Å². The van der Waals surface area contributed by atoms with Crippen LogP contribution in [-0.4, -0.2) is 27.6 Å². The number of alkyl halides is 1. The first-order chi connectivity index (χ1) is 11.9. The fourth-order valence-electron chi connectivity index (χ4n) is 5.87. The molecule has 0 amide bonds. The van der Waals surface area contributed by atoms with Crippen LogP contribution in [0.2, 0.25) is 0 Å². The number of halogens is 1. The van der Waals surface area contributed by atoms with Crippen LogP contribution in [0.3, 0.4) is 0 Å². The third kappa shape index (κ3) is 2.71. The van der Waals surface area contributed by atoms with Crippen molar-refractivity contribution in [3.05, 3.63) is 23.3 Å². The molecule has 0 spiro atoms. The summed E-state index contributed by atoms with van der Waals surface area (Å²) >= 11 is 3.14. The second-order valence-corrected chi connectivity index (χ2v) is 8.74. The Morgan fingerprint density at radius 2 is 2.12 bits per heavy atom. The number of hydrogen-bond donors (Lipinski definition) is 2. The van der Waals surface area contributed by atoms with Gasteiger partial charge in [0.15, 0.2) is 0 Å². The van der Waals surface area contributed by atoms with Gasteiger partial charge in [-0.3, -0.25) is 4.79 Å². The van der Waals surface area contributed by atoms with Gasteiger partial charge in [0.1, 0.15) is 16.8 Å². The topological polar surface area (TPSA) is 66.8 Å². The largest absolute Gasteiger partial charge is 0.508 e. The minimum Gasteiger partial charge on any atom is -0.508 e. The zero-order chi connectivity index (χ0) is 17.8. The van der Waals surface area contributed by atoms with Crippen LogP contribution in [0, 0.1) is 17.3 Å². The van der Waals surface area contributed by atoms with Gasteiger partial charge in [-0.25, -0.2) is 0 Å². The molecule has 2 fully saturated rings. The van der Waals surface area contributed by atoms with Crippen LogP contribution < -0.4 is 4.74 Å². The molecule has 5 heteroatoms. The highest BCUT2D eigenvalue weighted by Crippen LogP contribution is 2.62. The maximum Gasteiger partial charge on any atom is 0.321 e. The van der Waals surface area contributed by atoms with Crippen molar-refractivity contribution in [2.24, 2.45) is 17.3 Å². The van der Waals surface area contributed by atoms with E-state index in [-0.39, 0.29) is 28.6 Å². The molecule has 5 atom stereocenters. The summed E-state index contributed by atoms with van der Waals surface area (Å²) < 4.78 is 5.55. The molecule has 0 aliphatic heterocycles. The Balaban J connectivity index is 1.73. The first kappa shape index (κ1) is 17.3. The first-order valence-corrected chi connectivity index (χ1v) is 10.4. The Morgan fingerprint density at radius 1 is 1.32 bits per heavy atom. The molecule has 0 radical (unpaired) electrons. The zero-order valence-corrected chi connectivity index (χ0v) is 16.1. The van der Waals surface area contributed by atoms with Gasteiger partial charge in [-0.05, 0) is 73.3 Å². The number of ether oxygens (including phenoxy) is 1. The second kappa shape index (κ2) is 6.27. The Bertz CT molecular complexity index is 703. The predicted octanol–water partition coefficient (Wildman–Crippen LogP) is 3.91. The van der Waals surface area contributed by atoms with E-state index in [1.165, 1.54) is 0 Å². The fraction of sp³-hybridized carbons (Fsp3) is 0.650. The highest BCUT2D eigenvalue weighted by Gasteiger charge is 2.54. The molecule has 0 bridgehead atoms. The SMILES string of the molecule is C[C@]12CC[C@@H]3c4c(cc(O)cc4OC(=O)CBr)CC[C@H]3[C@@H]1CC[C@H]2O. The average Bonchev–Trinajstić information content (AvgIpc) is 2.89. The van der Waals surface area contributed by atoms with Gasteiger partial charge in [0.25, 0.3) is 0 Å². The van der Waals surface area contributed by atoms with Crippen molar-refractivity contribution in [2.45, 2.75) is 57.5 Å². The number of hydrogen-bond acceptors (Lipinski definition) is 4. The molecule has 25 heavy (non-hydrogen) atoms. The molecule has 4 nitrogen and oxygen atoms in total. The monoisotopic (exact) mass is 408 g/mol. The smallest absolute Gasteiger partial charge is 0.321 e. The molecule has 0 heterocycles. The Kier molecular flexibility index (Phi) is 4.35. The molecule has 0 saturated heterocycles. The molecule has 4 rings (SSSR count). The Labute approximate surface area is 156 Å². The standard InChI is InChI=1S/C20H25BrO4/c1-20-7-6-14-13(15(20)4-5-17(20)23)3-2-11-8-12(22)9-16(19(11)14)25-18(24)10-21/h8-9,13-15,17,22-23H,2-7,10H2,1H3/t13-,14+,15+,17-,20+/m1/s1. The van der Waals surface area contributed by atoms with E-state index in [2.05, 4.69) is 22.9 Å². The predicted molar refractivity (Wildman–Crippen MR) is 98.2 cm³/mol. The van der Waals surface area contributed by atoms with Gasteiger partial charge >= 0.3 is 5.97 Å². The van der Waals surface area contributed by atoms with Crippen molar-refractivity contribution in [2.75, 3.05) is 5.33 Å². The Morgan fingerprint density at radius 3 is 2.88 bits per heavy atom. The van der Waals surface area contributed by atoms with E-state index in [1.807, 2.05) is 6.07 Å². The number of aromatic hydroxyl groups is 1. The maximum atomic E-state index is 11.8. The number of fused-ring (bicyclic) bond motifs is 5. The quantitative estimate of drug-likeness (QED) is 0.442. The molecule has 2 N–H and O–H groups in total. The van der Waals surface area contributed by atoms with Crippen LogP contribution in [-0.2, 0) is 11.2 Å². The molecule has 3 aliphatic rings. The van der Waals surface area contributed by atoms with Crippen LogP contribution in [0.15, 0.2) is 12.1 Å². The normalized spacial score (nSPS) is 36.3. The van der Waals surface area contributed by atoms with Crippen molar-refractivity contribution >= 4 is 21.9 Å². The van der Waals surface area contributed by atoms with E-state index in [4.69, 9.17) is 4.74 Å². The van der Waals surface area contributed by atoms with Crippen LogP contribution in [0.5, 0.6) is 11.5 Å². The summed E-state index contributed by atoms with van der Waals surface area (Å²) in [6, 6.07) is 3.41. The molecule has 2 saturated carbocycles. The second-order valence-electron chi connectivity index (χ2n) is 8.18. The summed E-state index contributed by atoms with van der Waals surface area (Å²) in [4.78, 5) is 11.8. The minimum absolute atomic E-state index is 0.0300. The summed E-state index contributed by atoms with van der Waals surface area (Å²) in [5, 5.41) is 20.7. The Hall–Kier alpha value is -1.07. The van der Waals surface area contributed by atoms with Crippen LogP contribution in [0.4, 0.5) is 0 Å². The lowest BCUT2D eigenvalue weighted by molar-refractivity contribution is -0.131. The number of aryl methyl sites for hydroxylation is 1. The number of aliphatic hydroxyl groups excluding tert-OH is 1. The fourth-order valence-corrected chi connectivity index (χ4v) is 5.99. The summed E-state index contributed by atoms with van der Waals surface area (Å²) in [7, 11) is 0. The van der Waals surface area contributed by atoms with E-state index in [0.29, 0.717) is 23.5 Å². The molecule has 1 aromatic rings. The van der Waals surface area contributed by atoms with E-state index >= 15 is 0 Å². The average molecular weight is 409 g/mol.